The van der Waals surface area contributed by atoms with Crippen molar-refractivity contribution in [3.63, 3.8) is 0 Å². The summed E-state index contributed by atoms with van der Waals surface area (Å²) in [6, 6.07) is 10.6. The Morgan fingerprint density at radius 3 is 2.81 bits per heavy atom. The zero-order valence-corrected chi connectivity index (χ0v) is 12.9. The van der Waals surface area contributed by atoms with Gasteiger partial charge in [0.2, 0.25) is 0 Å². The van der Waals surface area contributed by atoms with Crippen LogP contribution >= 0.6 is 0 Å². The summed E-state index contributed by atoms with van der Waals surface area (Å²) >= 11 is 0. The highest BCUT2D eigenvalue weighted by molar-refractivity contribution is 5.83. The summed E-state index contributed by atoms with van der Waals surface area (Å²) in [7, 11) is 2.14. The molecular formula is C18H21N3. The van der Waals surface area contributed by atoms with Crippen LogP contribution in [0.1, 0.15) is 22.4 Å². The molecule has 0 bridgehead atoms. The van der Waals surface area contributed by atoms with Crippen LogP contribution in [0.3, 0.4) is 0 Å². The minimum absolute atomic E-state index is 0.866. The Morgan fingerprint density at radius 1 is 1.14 bits per heavy atom. The van der Waals surface area contributed by atoms with Gasteiger partial charge in [-0.2, -0.15) is 0 Å². The van der Waals surface area contributed by atoms with E-state index in [1.165, 1.54) is 27.6 Å². The van der Waals surface area contributed by atoms with Gasteiger partial charge in [0.1, 0.15) is 0 Å². The molecule has 3 nitrogen and oxygen atoms in total. The molecule has 0 fully saturated rings. The molecular weight excluding hydrogens is 258 g/mol. The second kappa shape index (κ2) is 5.70. The van der Waals surface area contributed by atoms with Crippen LogP contribution < -0.4 is 0 Å². The summed E-state index contributed by atoms with van der Waals surface area (Å²) in [4.78, 5) is 10.1. The first-order valence-corrected chi connectivity index (χ1v) is 7.29. The Morgan fingerprint density at radius 2 is 2.00 bits per heavy atom. The van der Waals surface area contributed by atoms with Crippen molar-refractivity contribution in [1.29, 1.82) is 0 Å². The number of nitrogens with one attached hydrogen (secondary N) is 1. The maximum atomic E-state index is 4.47. The van der Waals surface area contributed by atoms with Crippen LogP contribution in [0.5, 0.6) is 0 Å². The lowest BCUT2D eigenvalue weighted by atomic mass is 10.1. The van der Waals surface area contributed by atoms with E-state index >= 15 is 0 Å². The Balaban J connectivity index is 1.79. The fraction of sp³-hybridized carbons (Fsp3) is 0.278. The number of aromatic amines is 1. The predicted molar refractivity (Wildman–Crippen MR) is 87.2 cm³/mol. The van der Waals surface area contributed by atoms with Gasteiger partial charge in [-0.05, 0) is 50.2 Å². The summed E-state index contributed by atoms with van der Waals surface area (Å²) in [6.07, 6.45) is 3.98. The molecule has 1 aromatic carbocycles. The number of rotatable bonds is 4. The molecule has 2 aromatic heterocycles. The quantitative estimate of drug-likeness (QED) is 0.787. The van der Waals surface area contributed by atoms with Gasteiger partial charge in [-0.3, -0.25) is 9.88 Å². The van der Waals surface area contributed by atoms with Crippen molar-refractivity contribution >= 4 is 10.9 Å². The van der Waals surface area contributed by atoms with Gasteiger partial charge in [-0.15, -0.1) is 0 Å². The van der Waals surface area contributed by atoms with E-state index in [0.717, 1.165) is 18.8 Å². The summed E-state index contributed by atoms with van der Waals surface area (Å²) in [5, 5.41) is 1.32. The lowest BCUT2D eigenvalue weighted by Crippen LogP contribution is -2.18. The molecule has 108 valence electrons. The van der Waals surface area contributed by atoms with Crippen LogP contribution in [0, 0.1) is 13.8 Å². The van der Waals surface area contributed by atoms with E-state index in [-0.39, 0.29) is 0 Å². The van der Waals surface area contributed by atoms with Crippen LogP contribution in [0.2, 0.25) is 0 Å². The van der Waals surface area contributed by atoms with Crippen LogP contribution in [-0.4, -0.2) is 21.9 Å². The number of benzene rings is 1. The normalized spacial score (nSPS) is 11.4. The first-order valence-electron chi connectivity index (χ1n) is 7.29. The highest BCUT2D eigenvalue weighted by atomic mass is 15.1. The van der Waals surface area contributed by atoms with Crippen LogP contribution in [0.15, 0.2) is 42.7 Å². The third-order valence-electron chi connectivity index (χ3n) is 3.90. The summed E-state index contributed by atoms with van der Waals surface area (Å²) < 4.78 is 0. The largest absolute Gasteiger partial charge is 0.361 e. The first-order chi connectivity index (χ1) is 10.1. The molecule has 0 atom stereocenters. The number of hydrogen-bond donors (Lipinski definition) is 1. The molecule has 0 spiro atoms. The van der Waals surface area contributed by atoms with Gasteiger partial charge in [-0.25, -0.2) is 0 Å². The minimum Gasteiger partial charge on any atom is -0.361 e. The van der Waals surface area contributed by atoms with Crippen molar-refractivity contribution in [2.24, 2.45) is 0 Å². The number of hydrogen-bond acceptors (Lipinski definition) is 2. The highest BCUT2D eigenvalue weighted by Crippen LogP contribution is 2.21. The molecule has 0 unspecified atom stereocenters. The summed E-state index contributed by atoms with van der Waals surface area (Å²) in [5.41, 5.74) is 6.24. The lowest BCUT2D eigenvalue weighted by molar-refractivity contribution is 0.315. The van der Waals surface area contributed by atoms with Crippen molar-refractivity contribution < 1.29 is 0 Å². The van der Waals surface area contributed by atoms with Gasteiger partial charge in [0.15, 0.2) is 0 Å². The zero-order chi connectivity index (χ0) is 14.8. The van der Waals surface area contributed by atoms with E-state index in [0.29, 0.717) is 0 Å². The first kappa shape index (κ1) is 13.8. The van der Waals surface area contributed by atoms with E-state index in [1.54, 1.807) is 0 Å². The zero-order valence-electron chi connectivity index (χ0n) is 12.9. The number of aromatic nitrogens is 2. The molecule has 0 radical (unpaired) electrons. The van der Waals surface area contributed by atoms with E-state index in [4.69, 9.17) is 0 Å². The van der Waals surface area contributed by atoms with E-state index < -0.39 is 0 Å². The highest BCUT2D eigenvalue weighted by Gasteiger charge is 2.09. The molecule has 2 heterocycles. The van der Waals surface area contributed by atoms with Crippen LogP contribution in [0.4, 0.5) is 0 Å². The maximum absolute atomic E-state index is 4.47. The Labute approximate surface area is 125 Å². The van der Waals surface area contributed by atoms with E-state index in [9.17, 15) is 0 Å². The molecule has 3 aromatic rings. The van der Waals surface area contributed by atoms with Gasteiger partial charge in [0.05, 0.1) is 5.69 Å². The molecule has 0 amide bonds. The molecule has 3 heteroatoms. The maximum Gasteiger partial charge on any atom is 0.0573 e. The molecule has 0 aliphatic heterocycles. The number of H-pyrrole nitrogens is 1. The SMILES string of the molecule is Cc1ccc2[nH]cc(CN(C)Cc3ncccc3C)c2c1. The van der Waals surface area contributed by atoms with Gasteiger partial charge in [0.25, 0.3) is 0 Å². The van der Waals surface area contributed by atoms with Crippen molar-refractivity contribution in [2.75, 3.05) is 7.05 Å². The van der Waals surface area contributed by atoms with Crippen LogP contribution in [-0.2, 0) is 13.1 Å². The molecule has 0 aliphatic carbocycles. The van der Waals surface area contributed by atoms with Crippen molar-refractivity contribution in [3.05, 3.63) is 65.1 Å². The third-order valence-corrected chi connectivity index (χ3v) is 3.90. The second-order valence-corrected chi connectivity index (χ2v) is 5.80. The standard InChI is InChI=1S/C18H21N3/c1-13-6-7-17-16(9-13)15(10-20-17)11-21(3)12-18-14(2)5-4-8-19-18/h4-10,20H,11-12H2,1-3H3. The smallest absolute Gasteiger partial charge is 0.0573 e. The minimum atomic E-state index is 0.866. The fourth-order valence-corrected chi connectivity index (χ4v) is 2.71. The Hall–Kier alpha value is -2.13. The molecule has 1 N–H and O–H groups in total. The monoisotopic (exact) mass is 279 g/mol. The van der Waals surface area contributed by atoms with Gasteiger partial charge < -0.3 is 4.98 Å². The number of aryl methyl sites for hydroxylation is 2. The van der Waals surface area contributed by atoms with Gasteiger partial charge in [-0.1, -0.05) is 17.7 Å². The summed E-state index contributed by atoms with van der Waals surface area (Å²) in [6.45, 7) is 6.03. The van der Waals surface area contributed by atoms with Gasteiger partial charge >= 0.3 is 0 Å². The van der Waals surface area contributed by atoms with Crippen molar-refractivity contribution in [2.45, 2.75) is 26.9 Å². The number of pyridine rings is 1. The van der Waals surface area contributed by atoms with Crippen molar-refractivity contribution in [3.8, 4) is 0 Å². The van der Waals surface area contributed by atoms with E-state index in [2.05, 4.69) is 66.2 Å². The molecule has 0 saturated carbocycles. The molecule has 3 rings (SSSR count). The number of nitrogens with zero attached hydrogens (tertiary/aromatic N) is 2. The molecule has 0 aliphatic rings. The Bertz CT molecular complexity index is 758. The average Bonchev–Trinajstić information content (AvgIpc) is 2.84. The lowest BCUT2D eigenvalue weighted by Gasteiger charge is -2.17. The van der Waals surface area contributed by atoms with Crippen molar-refractivity contribution in [1.82, 2.24) is 14.9 Å². The Kier molecular flexibility index (Phi) is 3.76. The summed E-state index contributed by atoms with van der Waals surface area (Å²) in [5.74, 6) is 0. The predicted octanol–water partition coefficient (Wildman–Crippen LogP) is 3.81. The molecule has 0 saturated heterocycles. The second-order valence-electron chi connectivity index (χ2n) is 5.80. The number of fused-ring (bicyclic) bond motifs is 1. The van der Waals surface area contributed by atoms with Gasteiger partial charge in [0, 0.05) is 36.4 Å². The topological polar surface area (TPSA) is 31.9 Å². The average molecular weight is 279 g/mol. The molecule has 21 heavy (non-hydrogen) atoms. The fourth-order valence-electron chi connectivity index (χ4n) is 2.71. The third kappa shape index (κ3) is 2.98. The van der Waals surface area contributed by atoms with E-state index in [1.807, 2.05) is 12.3 Å². The van der Waals surface area contributed by atoms with Crippen LogP contribution in [0.25, 0.3) is 10.9 Å².